The van der Waals surface area contributed by atoms with E-state index < -0.39 is 6.10 Å². The zero-order chi connectivity index (χ0) is 43.0. The third-order valence-corrected chi connectivity index (χ3v) is 10.2. The molecule has 0 N–H and O–H groups in total. The summed E-state index contributed by atoms with van der Waals surface area (Å²) in [6.07, 6.45) is 59.2. The highest BCUT2D eigenvalue weighted by Crippen LogP contribution is 2.15. The highest BCUT2D eigenvalue weighted by atomic mass is 16.6. The Morgan fingerprint density at radius 3 is 1.03 bits per heavy atom. The molecule has 0 aliphatic heterocycles. The molecule has 0 amide bonds. The van der Waals surface area contributed by atoms with Gasteiger partial charge in [-0.1, -0.05) is 209 Å². The standard InChI is InChI=1S/C53H90O6/c1-4-7-10-13-16-19-22-23-24-25-26-27-28-29-32-34-37-40-43-46-52(55)58-49-50(59-53(56)47-44-41-38-35-31-21-18-15-12-9-6-3)48-57-51(54)45-42-39-36-33-30-20-17-14-11-8-5-2/h8-9,11-12,17-18,20-21,33,35-36,38,50H,4-7,10,13-16,19,22-32,34,37,39-49H2,1-3H3/b11-8-,12-9-,20-17-,21-18-,36-33-,38-35-. The molecule has 0 heterocycles. The first kappa shape index (κ1) is 55.9. The van der Waals surface area contributed by atoms with Crippen molar-refractivity contribution in [1.29, 1.82) is 0 Å². The number of rotatable bonds is 43. The van der Waals surface area contributed by atoms with E-state index in [0.29, 0.717) is 19.3 Å². The van der Waals surface area contributed by atoms with Crippen LogP contribution in [0.25, 0.3) is 0 Å². The zero-order valence-corrected chi connectivity index (χ0v) is 38.5. The van der Waals surface area contributed by atoms with E-state index in [1.807, 2.05) is 0 Å². The molecule has 1 atom stereocenters. The second-order valence-electron chi connectivity index (χ2n) is 16.0. The fourth-order valence-corrected chi connectivity index (χ4v) is 6.61. The average molecular weight is 823 g/mol. The van der Waals surface area contributed by atoms with Gasteiger partial charge in [-0.05, 0) is 70.6 Å². The molecule has 0 bridgehead atoms. The zero-order valence-electron chi connectivity index (χ0n) is 38.5. The number of carbonyl (C=O) groups is 3. The molecule has 0 aromatic rings. The van der Waals surface area contributed by atoms with E-state index in [2.05, 4.69) is 93.7 Å². The first-order chi connectivity index (χ1) is 29.0. The largest absolute Gasteiger partial charge is 0.462 e. The molecule has 0 aliphatic rings. The average Bonchev–Trinajstić information content (AvgIpc) is 3.23. The normalized spacial score (nSPS) is 12.7. The van der Waals surface area contributed by atoms with E-state index in [0.717, 1.165) is 70.6 Å². The van der Waals surface area contributed by atoms with Crippen molar-refractivity contribution in [3.05, 3.63) is 72.9 Å². The van der Waals surface area contributed by atoms with Crippen LogP contribution in [0.2, 0.25) is 0 Å². The molecule has 0 saturated carbocycles. The summed E-state index contributed by atoms with van der Waals surface area (Å²) in [5.74, 6) is -1.02. The predicted molar refractivity (Wildman–Crippen MR) is 251 cm³/mol. The maximum atomic E-state index is 12.7. The molecule has 338 valence electrons. The summed E-state index contributed by atoms with van der Waals surface area (Å²) in [7, 11) is 0. The molecule has 59 heavy (non-hydrogen) atoms. The van der Waals surface area contributed by atoms with Gasteiger partial charge in [0.05, 0.1) is 0 Å². The minimum absolute atomic E-state index is 0.110. The van der Waals surface area contributed by atoms with Crippen LogP contribution in [0.15, 0.2) is 72.9 Å². The summed E-state index contributed by atoms with van der Waals surface area (Å²) < 4.78 is 16.6. The number of ether oxygens (including phenoxy) is 3. The van der Waals surface area contributed by atoms with Gasteiger partial charge in [0.15, 0.2) is 6.10 Å². The molecule has 0 aromatic heterocycles. The van der Waals surface area contributed by atoms with E-state index in [1.165, 1.54) is 103 Å². The SMILES string of the molecule is CC/C=C\C/C=C\C/C=C\CCCC(=O)OCC(COC(=O)CCCCCCCCCCCCCCCCCCCCC)OC(=O)CCC/C=C\C/C=C\C/C=C\CC. The van der Waals surface area contributed by atoms with Gasteiger partial charge in [-0.15, -0.1) is 0 Å². The third kappa shape index (κ3) is 45.8. The molecule has 0 aromatic carbocycles. The van der Waals surface area contributed by atoms with Crippen LogP contribution >= 0.6 is 0 Å². The molecule has 0 fully saturated rings. The van der Waals surface area contributed by atoms with E-state index in [4.69, 9.17) is 14.2 Å². The fourth-order valence-electron chi connectivity index (χ4n) is 6.61. The highest BCUT2D eigenvalue weighted by Gasteiger charge is 2.19. The van der Waals surface area contributed by atoms with Gasteiger partial charge in [0, 0.05) is 19.3 Å². The Morgan fingerprint density at radius 1 is 0.356 bits per heavy atom. The first-order valence-corrected chi connectivity index (χ1v) is 24.4. The van der Waals surface area contributed by atoms with Crippen LogP contribution in [0.5, 0.6) is 0 Å². The number of allylic oxidation sites excluding steroid dienone is 12. The lowest BCUT2D eigenvalue weighted by atomic mass is 10.0. The maximum Gasteiger partial charge on any atom is 0.306 e. The predicted octanol–water partition coefficient (Wildman–Crippen LogP) is 15.9. The van der Waals surface area contributed by atoms with E-state index >= 15 is 0 Å². The van der Waals surface area contributed by atoms with Crippen molar-refractivity contribution in [2.75, 3.05) is 13.2 Å². The van der Waals surface area contributed by atoms with Crippen molar-refractivity contribution in [2.24, 2.45) is 0 Å². The van der Waals surface area contributed by atoms with Crippen molar-refractivity contribution >= 4 is 17.9 Å². The number of hydrogen-bond acceptors (Lipinski definition) is 6. The van der Waals surface area contributed by atoms with Crippen molar-refractivity contribution in [3.8, 4) is 0 Å². The molecule has 0 rings (SSSR count). The molecule has 6 nitrogen and oxygen atoms in total. The van der Waals surface area contributed by atoms with Crippen molar-refractivity contribution < 1.29 is 28.6 Å². The Bertz CT molecular complexity index is 1130. The van der Waals surface area contributed by atoms with Crippen molar-refractivity contribution in [2.45, 2.75) is 232 Å². The van der Waals surface area contributed by atoms with E-state index in [-0.39, 0.29) is 44.0 Å². The fraction of sp³-hybridized carbons (Fsp3) is 0.717. The first-order valence-electron chi connectivity index (χ1n) is 24.4. The van der Waals surface area contributed by atoms with Crippen LogP contribution in [-0.4, -0.2) is 37.2 Å². The number of carbonyl (C=O) groups excluding carboxylic acids is 3. The molecule has 0 spiro atoms. The monoisotopic (exact) mass is 823 g/mol. The Kier molecular flexibility index (Phi) is 45.0. The lowest BCUT2D eigenvalue weighted by Gasteiger charge is -2.18. The quantitative estimate of drug-likeness (QED) is 0.0264. The van der Waals surface area contributed by atoms with Gasteiger partial charge in [0.25, 0.3) is 0 Å². The highest BCUT2D eigenvalue weighted by molar-refractivity contribution is 5.71. The second-order valence-corrected chi connectivity index (χ2v) is 16.0. The lowest BCUT2D eigenvalue weighted by molar-refractivity contribution is -0.167. The van der Waals surface area contributed by atoms with Gasteiger partial charge >= 0.3 is 17.9 Å². The van der Waals surface area contributed by atoms with E-state index in [9.17, 15) is 14.4 Å². The summed E-state index contributed by atoms with van der Waals surface area (Å²) >= 11 is 0. The number of hydrogen-bond donors (Lipinski definition) is 0. The molecule has 0 radical (unpaired) electrons. The van der Waals surface area contributed by atoms with Crippen LogP contribution in [0.4, 0.5) is 0 Å². The van der Waals surface area contributed by atoms with Crippen LogP contribution in [0, 0.1) is 0 Å². The van der Waals surface area contributed by atoms with Gasteiger partial charge < -0.3 is 14.2 Å². The van der Waals surface area contributed by atoms with Gasteiger partial charge in [0.1, 0.15) is 13.2 Å². The summed E-state index contributed by atoms with van der Waals surface area (Å²) in [5.41, 5.74) is 0. The smallest absolute Gasteiger partial charge is 0.306 e. The van der Waals surface area contributed by atoms with Crippen LogP contribution < -0.4 is 0 Å². The number of esters is 3. The second kappa shape index (κ2) is 47.5. The topological polar surface area (TPSA) is 78.9 Å². The molecule has 0 aliphatic carbocycles. The van der Waals surface area contributed by atoms with Gasteiger partial charge in [0.2, 0.25) is 0 Å². The summed E-state index contributed by atoms with van der Waals surface area (Å²) in [5, 5.41) is 0. The summed E-state index contributed by atoms with van der Waals surface area (Å²) in [6.45, 7) is 6.31. The van der Waals surface area contributed by atoms with E-state index in [1.54, 1.807) is 0 Å². The molecule has 1 unspecified atom stereocenters. The van der Waals surface area contributed by atoms with Crippen LogP contribution in [0.1, 0.15) is 226 Å². The third-order valence-electron chi connectivity index (χ3n) is 10.2. The summed E-state index contributed by atoms with van der Waals surface area (Å²) in [6, 6.07) is 0. The molecule has 6 heteroatoms. The van der Waals surface area contributed by atoms with Gasteiger partial charge in [-0.2, -0.15) is 0 Å². The Labute approximate surface area is 363 Å². The minimum atomic E-state index is -0.818. The number of unbranched alkanes of at least 4 members (excludes halogenated alkanes) is 20. The van der Waals surface area contributed by atoms with Crippen LogP contribution in [0.3, 0.4) is 0 Å². The maximum absolute atomic E-state index is 12.7. The Hall–Kier alpha value is -3.15. The van der Waals surface area contributed by atoms with Crippen LogP contribution in [-0.2, 0) is 28.6 Å². The molecular formula is C53H90O6. The minimum Gasteiger partial charge on any atom is -0.462 e. The lowest BCUT2D eigenvalue weighted by Crippen LogP contribution is -2.30. The van der Waals surface area contributed by atoms with Crippen molar-refractivity contribution in [3.63, 3.8) is 0 Å². The Morgan fingerprint density at radius 2 is 0.661 bits per heavy atom. The Balaban J connectivity index is 4.36. The van der Waals surface area contributed by atoms with Crippen molar-refractivity contribution in [1.82, 2.24) is 0 Å². The van der Waals surface area contributed by atoms with Gasteiger partial charge in [-0.3, -0.25) is 14.4 Å². The molecular weight excluding hydrogens is 733 g/mol. The van der Waals surface area contributed by atoms with Gasteiger partial charge in [-0.25, -0.2) is 0 Å². The molecule has 0 saturated heterocycles. The summed E-state index contributed by atoms with van der Waals surface area (Å²) in [4.78, 5) is 37.7.